The highest BCUT2D eigenvalue weighted by Crippen LogP contribution is 2.21. The van der Waals surface area contributed by atoms with Crippen LogP contribution < -0.4 is 0 Å². The zero-order chi connectivity index (χ0) is 19.4. The average molecular weight is 366 g/mol. The van der Waals surface area contributed by atoms with Gasteiger partial charge in [-0.25, -0.2) is 13.4 Å². The summed E-state index contributed by atoms with van der Waals surface area (Å²) in [5.41, 5.74) is 3.06. The van der Waals surface area contributed by atoms with Crippen molar-refractivity contribution in [2.75, 3.05) is 13.3 Å². The number of sulfone groups is 1. The highest BCUT2D eigenvalue weighted by molar-refractivity contribution is 8.05. The van der Waals surface area contributed by atoms with Crippen LogP contribution in [0.2, 0.25) is 0 Å². The van der Waals surface area contributed by atoms with Crippen LogP contribution in [0.25, 0.3) is 0 Å². The molecule has 0 saturated heterocycles. The second-order valence-electron chi connectivity index (χ2n) is 5.94. The Hall–Kier alpha value is -2.02. The Balaban J connectivity index is 3.33. The summed E-state index contributed by atoms with van der Waals surface area (Å²) in [5, 5.41) is 4.52. The first kappa shape index (κ1) is 21.0. The van der Waals surface area contributed by atoms with E-state index in [9.17, 15) is 18.0 Å². The van der Waals surface area contributed by atoms with E-state index in [4.69, 9.17) is 0 Å². The topological polar surface area (TPSA) is 83.9 Å². The van der Waals surface area contributed by atoms with E-state index < -0.39 is 21.5 Å². The van der Waals surface area contributed by atoms with E-state index in [2.05, 4.69) is 5.10 Å². The first-order valence-corrected chi connectivity index (χ1v) is 10.2. The molecule has 1 amide bonds. The molecule has 0 aliphatic carbocycles. The quantitative estimate of drug-likeness (QED) is 0.255. The van der Waals surface area contributed by atoms with Crippen molar-refractivity contribution in [2.24, 2.45) is 5.10 Å². The Morgan fingerprint density at radius 3 is 1.92 bits per heavy atom. The van der Waals surface area contributed by atoms with Crippen LogP contribution in [0, 0.1) is 6.92 Å². The molecule has 0 saturated carbocycles. The number of rotatable bonds is 6. The maximum atomic E-state index is 12.8. The first-order valence-electron chi connectivity index (χ1n) is 8.29. The van der Waals surface area contributed by atoms with Crippen LogP contribution in [0.1, 0.15) is 54.2 Å². The summed E-state index contributed by atoms with van der Waals surface area (Å²) < 4.78 is 23.3. The molecular weight excluding hydrogens is 340 g/mol. The van der Waals surface area contributed by atoms with E-state index in [0.717, 1.165) is 28.0 Å². The van der Waals surface area contributed by atoms with Gasteiger partial charge in [0.1, 0.15) is 0 Å². The maximum absolute atomic E-state index is 12.8. The van der Waals surface area contributed by atoms with Crippen molar-refractivity contribution in [2.45, 2.75) is 47.0 Å². The van der Waals surface area contributed by atoms with Gasteiger partial charge in [0.25, 0.3) is 5.78 Å². The molecule has 0 bridgehead atoms. The van der Waals surface area contributed by atoms with Crippen molar-refractivity contribution in [1.82, 2.24) is 5.01 Å². The van der Waals surface area contributed by atoms with Gasteiger partial charge in [-0.15, -0.1) is 0 Å². The fraction of sp³-hybridized carbons (Fsp3) is 0.500. The minimum absolute atomic E-state index is 0.133. The predicted molar refractivity (Wildman–Crippen MR) is 99.6 cm³/mol. The van der Waals surface area contributed by atoms with E-state index in [1.165, 1.54) is 7.05 Å². The van der Waals surface area contributed by atoms with Gasteiger partial charge in [-0.3, -0.25) is 9.59 Å². The zero-order valence-electron chi connectivity index (χ0n) is 15.7. The molecule has 0 spiro atoms. The van der Waals surface area contributed by atoms with Gasteiger partial charge in [0.2, 0.25) is 0 Å². The number of carbonyl (C=O) groups is 2. The van der Waals surface area contributed by atoms with E-state index in [1.807, 2.05) is 32.9 Å². The van der Waals surface area contributed by atoms with Crippen molar-refractivity contribution in [3.05, 3.63) is 34.4 Å². The first-order chi connectivity index (χ1) is 11.6. The molecule has 0 atom stereocenters. The molecule has 0 aliphatic rings. The van der Waals surface area contributed by atoms with Crippen molar-refractivity contribution >= 4 is 26.6 Å². The number of aryl methyl sites for hydroxylation is 3. The Labute approximate surface area is 149 Å². The largest absolute Gasteiger partial charge is 0.314 e. The maximum Gasteiger partial charge on any atom is 0.314 e. The number of carbonyl (C=O) groups excluding carboxylic acids is 2. The summed E-state index contributed by atoms with van der Waals surface area (Å²) in [7, 11) is -2.22. The minimum atomic E-state index is -3.52. The molecule has 1 rings (SSSR count). The van der Waals surface area contributed by atoms with Gasteiger partial charge in [-0.2, -0.15) is 5.10 Å². The number of nitrogens with zero attached hydrogens (tertiary/aromatic N) is 2. The fourth-order valence-corrected chi connectivity index (χ4v) is 3.46. The molecule has 1 aromatic carbocycles. The van der Waals surface area contributed by atoms with Crippen LogP contribution >= 0.6 is 0 Å². The van der Waals surface area contributed by atoms with E-state index in [1.54, 1.807) is 6.92 Å². The number of amides is 1. The molecule has 6 nitrogen and oxygen atoms in total. The minimum Gasteiger partial charge on any atom is -0.283 e. The number of ketones is 1. The third kappa shape index (κ3) is 4.98. The zero-order valence-corrected chi connectivity index (χ0v) is 16.5. The summed E-state index contributed by atoms with van der Waals surface area (Å²) in [6.45, 7) is 7.43. The van der Waals surface area contributed by atoms with Crippen LogP contribution in [-0.4, -0.2) is 43.5 Å². The van der Waals surface area contributed by atoms with Gasteiger partial charge in [-0.05, 0) is 37.3 Å². The Kier molecular flexibility index (Phi) is 7.05. The van der Waals surface area contributed by atoms with Gasteiger partial charge < -0.3 is 0 Å². The van der Waals surface area contributed by atoms with Crippen LogP contribution in [0.5, 0.6) is 0 Å². The van der Waals surface area contributed by atoms with Crippen LogP contribution in [0.3, 0.4) is 0 Å². The van der Waals surface area contributed by atoms with Crippen LogP contribution in [0.15, 0.2) is 17.2 Å². The third-order valence-electron chi connectivity index (χ3n) is 3.92. The standard InChI is InChI=1S/C18H26N2O4S/c1-7-13-10-12(4)11-14(8-2)16(13)17(21)18(22)20(5)19-15(9-3)25(6,23)24/h10-11H,7-9H2,1-6H3. The lowest BCUT2D eigenvalue weighted by Crippen LogP contribution is -2.32. The van der Waals surface area contributed by atoms with Crippen molar-refractivity contribution in [1.29, 1.82) is 0 Å². The highest BCUT2D eigenvalue weighted by Gasteiger charge is 2.26. The Morgan fingerprint density at radius 2 is 1.56 bits per heavy atom. The molecule has 0 aromatic heterocycles. The number of benzene rings is 1. The molecule has 25 heavy (non-hydrogen) atoms. The summed E-state index contributed by atoms with van der Waals surface area (Å²) in [6.07, 6.45) is 2.43. The van der Waals surface area contributed by atoms with Gasteiger partial charge in [-0.1, -0.05) is 38.5 Å². The molecule has 0 aliphatic heterocycles. The highest BCUT2D eigenvalue weighted by atomic mass is 32.2. The van der Waals surface area contributed by atoms with E-state index >= 15 is 0 Å². The molecule has 0 heterocycles. The van der Waals surface area contributed by atoms with Gasteiger partial charge in [0, 0.05) is 18.9 Å². The molecule has 1 aromatic rings. The lowest BCUT2D eigenvalue weighted by Gasteiger charge is -2.16. The van der Waals surface area contributed by atoms with Crippen molar-refractivity contribution in [3.63, 3.8) is 0 Å². The monoisotopic (exact) mass is 366 g/mol. The van der Waals surface area contributed by atoms with Crippen molar-refractivity contribution < 1.29 is 18.0 Å². The Bertz CT molecular complexity index is 785. The number of Topliss-reactive ketones (excluding diaryl/α,β-unsaturated/α-hetero) is 1. The van der Waals surface area contributed by atoms with Gasteiger partial charge in [0.15, 0.2) is 14.9 Å². The molecular formula is C18H26N2O4S. The number of hydrazone groups is 1. The second kappa shape index (κ2) is 8.38. The number of hydrogen-bond acceptors (Lipinski definition) is 5. The molecule has 0 radical (unpaired) electrons. The number of likely N-dealkylation sites (N-methyl/N-ethyl adjacent to an activating group) is 1. The fourth-order valence-electron chi connectivity index (χ4n) is 2.66. The van der Waals surface area contributed by atoms with E-state index in [-0.39, 0.29) is 11.5 Å². The predicted octanol–water partition coefficient (Wildman–Crippen LogP) is 2.53. The molecule has 0 unspecified atom stereocenters. The lowest BCUT2D eigenvalue weighted by molar-refractivity contribution is -0.125. The summed E-state index contributed by atoms with van der Waals surface area (Å²) in [6, 6.07) is 3.80. The SMILES string of the molecule is CCC(=NN(C)C(=O)C(=O)c1c(CC)cc(C)cc1CC)S(C)(=O)=O. The normalized spacial score (nSPS) is 12.2. The molecule has 0 N–H and O–H groups in total. The lowest BCUT2D eigenvalue weighted by atomic mass is 9.92. The third-order valence-corrected chi connectivity index (χ3v) is 5.14. The summed E-state index contributed by atoms with van der Waals surface area (Å²) in [5.74, 6) is -1.51. The smallest absolute Gasteiger partial charge is 0.283 e. The van der Waals surface area contributed by atoms with Crippen LogP contribution in [-0.2, 0) is 27.5 Å². The van der Waals surface area contributed by atoms with Crippen LogP contribution in [0.4, 0.5) is 0 Å². The van der Waals surface area contributed by atoms with Crippen molar-refractivity contribution in [3.8, 4) is 0 Å². The average Bonchev–Trinajstić information content (AvgIpc) is 2.55. The second-order valence-corrected chi connectivity index (χ2v) is 7.96. The summed E-state index contributed by atoms with van der Waals surface area (Å²) in [4.78, 5) is 25.3. The Morgan fingerprint density at radius 1 is 1.08 bits per heavy atom. The van der Waals surface area contributed by atoms with E-state index in [0.29, 0.717) is 18.4 Å². The molecule has 138 valence electrons. The van der Waals surface area contributed by atoms with Gasteiger partial charge >= 0.3 is 5.91 Å². The summed E-state index contributed by atoms with van der Waals surface area (Å²) >= 11 is 0. The molecule has 7 heteroatoms. The van der Waals surface area contributed by atoms with Gasteiger partial charge in [0.05, 0.1) is 0 Å². The molecule has 0 fully saturated rings. The number of hydrogen-bond donors (Lipinski definition) is 0.